The Hall–Kier alpha value is -1.10. The molecule has 0 aromatic rings. The van der Waals surface area contributed by atoms with E-state index in [-0.39, 0.29) is 17.9 Å². The third kappa shape index (κ3) is 6.40. The Kier molecular flexibility index (Phi) is 7.54. The minimum atomic E-state index is -0.0812. The van der Waals surface area contributed by atoms with Gasteiger partial charge in [0.05, 0.1) is 6.04 Å². The Bertz CT molecular complexity index is 229. The van der Waals surface area contributed by atoms with E-state index < -0.39 is 0 Å². The number of rotatable bonds is 7. The highest BCUT2D eigenvalue weighted by molar-refractivity contribution is 5.81. The molecule has 1 atom stereocenters. The van der Waals surface area contributed by atoms with Gasteiger partial charge in [0.15, 0.2) is 0 Å². The quantitative estimate of drug-likeness (QED) is 0.369. The lowest BCUT2D eigenvalue weighted by Crippen LogP contribution is -2.42. The number of amides is 2. The topological polar surface area (TPSA) is 61.4 Å². The molecule has 0 spiro atoms. The van der Waals surface area contributed by atoms with Gasteiger partial charge in [0.1, 0.15) is 0 Å². The molecule has 5 heteroatoms. The lowest BCUT2D eigenvalue weighted by atomic mass is 10.1. The minimum Gasteiger partial charge on any atom is -0.358 e. The van der Waals surface area contributed by atoms with Gasteiger partial charge in [0.2, 0.25) is 11.8 Å². The number of carbonyl (C=O) groups is 2. The Morgan fingerprint density at radius 3 is 2.31 bits per heavy atom. The summed E-state index contributed by atoms with van der Waals surface area (Å²) in [5, 5.41) is 5.39. The first kappa shape index (κ1) is 14.9. The third-order valence-corrected chi connectivity index (χ3v) is 2.45. The molecule has 0 fully saturated rings. The first-order valence-corrected chi connectivity index (χ1v) is 5.61. The molecule has 0 saturated carbocycles. The number of hydrogen-bond donors (Lipinski definition) is 2. The average molecular weight is 233 g/mol. The van der Waals surface area contributed by atoms with Crippen molar-refractivity contribution in [2.24, 2.45) is 0 Å². The zero-order chi connectivity index (χ0) is 12.6. The Morgan fingerprint density at radius 1 is 1.25 bits per heavy atom. The van der Waals surface area contributed by atoms with Crippen LogP contribution in [0, 0.1) is 0 Å². The fourth-order valence-electron chi connectivity index (χ4n) is 1.52. The van der Waals surface area contributed by atoms with Crippen molar-refractivity contribution in [3.63, 3.8) is 0 Å². The molecule has 0 heterocycles. The van der Waals surface area contributed by atoms with E-state index in [0.29, 0.717) is 6.54 Å². The molecule has 0 aromatic heterocycles. The number of nitrogens with one attached hydrogen (secondary N) is 2. The normalized spacial score (nSPS) is 12.3. The summed E-state index contributed by atoms with van der Waals surface area (Å²) in [4.78, 5) is 24.0. The Balaban J connectivity index is 3.77. The average Bonchev–Trinajstić information content (AvgIpc) is 2.21. The Morgan fingerprint density at radius 2 is 1.88 bits per heavy atom. The molecule has 0 saturated heterocycles. The molecule has 0 aliphatic carbocycles. The van der Waals surface area contributed by atoms with Gasteiger partial charge in [0, 0.05) is 20.5 Å². The molecule has 16 heavy (non-hydrogen) atoms. The van der Waals surface area contributed by atoms with Gasteiger partial charge in [-0.15, -0.1) is 0 Å². The summed E-state index contributed by atoms with van der Waals surface area (Å²) < 4.78 is 0. The predicted octanol–water partition coefficient (Wildman–Crippen LogP) is -0.0310. The van der Waals surface area contributed by atoms with Crippen LogP contribution in [0.5, 0.6) is 0 Å². The predicted molar refractivity (Wildman–Crippen MR) is 64.1 cm³/mol. The van der Waals surface area contributed by atoms with Crippen LogP contribution in [0.1, 0.15) is 26.2 Å². The van der Waals surface area contributed by atoms with Gasteiger partial charge < -0.3 is 10.6 Å². The van der Waals surface area contributed by atoms with Crippen molar-refractivity contribution in [2.75, 3.05) is 27.7 Å². The molecule has 0 aliphatic heterocycles. The van der Waals surface area contributed by atoms with Crippen LogP contribution in [-0.2, 0) is 9.59 Å². The van der Waals surface area contributed by atoms with E-state index in [1.54, 1.807) is 7.05 Å². The molecule has 0 rings (SSSR count). The zero-order valence-electron chi connectivity index (χ0n) is 10.7. The largest absolute Gasteiger partial charge is 0.358 e. The fraction of sp³-hybridized carbons (Fsp3) is 0.818. The maximum atomic E-state index is 11.5. The van der Waals surface area contributed by atoms with Gasteiger partial charge in [-0.2, -0.15) is 0 Å². The fourth-order valence-corrected chi connectivity index (χ4v) is 1.52. The molecule has 1 unspecified atom stereocenters. The second-order valence-corrected chi connectivity index (χ2v) is 4.07. The maximum absolute atomic E-state index is 11.5. The number of carbonyl (C=O) groups excluding carboxylic acids is 2. The van der Waals surface area contributed by atoms with Crippen LogP contribution in [-0.4, -0.2) is 50.4 Å². The molecule has 2 N–H and O–H groups in total. The van der Waals surface area contributed by atoms with Gasteiger partial charge in [-0.05, 0) is 33.4 Å². The van der Waals surface area contributed by atoms with Crippen LogP contribution in [0.2, 0.25) is 0 Å². The highest BCUT2D eigenvalue weighted by atomic mass is 16.2. The van der Waals surface area contributed by atoms with Crippen molar-refractivity contribution in [2.45, 2.75) is 32.2 Å². The molecule has 0 radical (unpaired) electrons. The van der Waals surface area contributed by atoms with Crippen molar-refractivity contribution >= 4 is 11.8 Å². The van der Waals surface area contributed by atoms with Gasteiger partial charge >= 0.3 is 0 Å². The van der Waals surface area contributed by atoms with Crippen molar-refractivity contribution in [1.82, 2.24) is 15.5 Å². The summed E-state index contributed by atoms with van der Waals surface area (Å²) in [6.07, 6.45) is 2.64. The summed E-state index contributed by atoms with van der Waals surface area (Å²) >= 11 is 0. The molecule has 5 nitrogen and oxygen atoms in total. The van der Waals surface area contributed by atoms with Crippen LogP contribution in [0.4, 0.5) is 0 Å². The van der Waals surface area contributed by atoms with Gasteiger partial charge in [-0.1, -0.05) is 0 Å². The summed E-state index contributed by atoms with van der Waals surface area (Å²) in [7, 11) is 5.44. The summed E-state index contributed by atoms with van der Waals surface area (Å²) in [5.74, 6) is 0.0417. The number of hydrogen-bond acceptors (Lipinski definition) is 3. The molecule has 0 aliphatic rings. The summed E-state index contributed by atoms with van der Waals surface area (Å²) in [6, 6.07) is -0.0812. The van der Waals surface area contributed by atoms with E-state index in [0.717, 1.165) is 19.3 Å². The minimum absolute atomic E-state index is 0.00420. The number of unbranched alkanes of at least 4 members (excludes halogenated alkanes) is 1. The monoisotopic (exact) mass is 233 g/mol. The van der Waals surface area contributed by atoms with E-state index in [4.69, 9.17) is 0 Å². The van der Waals surface area contributed by atoms with Crippen molar-refractivity contribution in [3.05, 3.63) is 0 Å². The zero-order valence-corrected chi connectivity index (χ0v) is 10.7. The first-order valence-electron chi connectivity index (χ1n) is 5.61. The van der Waals surface area contributed by atoms with Crippen molar-refractivity contribution < 1.29 is 9.59 Å². The second kappa shape index (κ2) is 8.10. The molecule has 0 bridgehead atoms. The molecule has 0 aromatic carbocycles. The standard InChI is InChI=1S/C11H23N3O2/c1-9(15)13-8-6-5-7-10(14(3)4)11(16)12-2/h10H,5-8H2,1-4H3,(H,12,16)(H,13,15)/i2+1,3+1,9+1,13+1. The highest BCUT2D eigenvalue weighted by Gasteiger charge is 2.18. The van der Waals surface area contributed by atoms with Crippen LogP contribution < -0.4 is 10.6 Å². The smallest absolute Gasteiger partial charge is 0.237 e. The van der Waals surface area contributed by atoms with E-state index >= 15 is 0 Å². The number of likely N-dealkylation sites (N-methyl/N-ethyl adjacent to an activating group) is 2. The highest BCUT2D eigenvalue weighted by Crippen LogP contribution is 2.05. The van der Waals surface area contributed by atoms with Gasteiger partial charge in [0.25, 0.3) is 0 Å². The van der Waals surface area contributed by atoms with Gasteiger partial charge in [-0.25, -0.2) is 0 Å². The summed E-state index contributed by atoms with van der Waals surface area (Å²) in [6.45, 7) is 2.19. The molecular weight excluding hydrogens is 210 g/mol. The molecular formula is C11H23N3O2. The summed E-state index contributed by atoms with van der Waals surface area (Å²) in [5.41, 5.74) is 0. The number of nitrogens with zero attached hydrogens (tertiary/aromatic N) is 1. The second-order valence-electron chi connectivity index (χ2n) is 4.07. The third-order valence-electron chi connectivity index (χ3n) is 2.45. The maximum Gasteiger partial charge on any atom is 0.237 e. The Labute approximate surface area is 97.6 Å². The van der Waals surface area contributed by atoms with Crippen molar-refractivity contribution in [3.8, 4) is 0 Å². The first-order chi connectivity index (χ1) is 7.49. The van der Waals surface area contributed by atoms with E-state index in [1.807, 2.05) is 19.0 Å². The van der Waals surface area contributed by atoms with Crippen LogP contribution in [0.15, 0.2) is 0 Å². The van der Waals surface area contributed by atoms with Crippen LogP contribution >= 0.6 is 0 Å². The lowest BCUT2D eigenvalue weighted by molar-refractivity contribution is -0.125. The van der Waals surface area contributed by atoms with Crippen LogP contribution in [0.25, 0.3) is 0 Å². The molecule has 2 amide bonds. The van der Waals surface area contributed by atoms with Crippen molar-refractivity contribution in [1.29, 1.82) is 0 Å². The van der Waals surface area contributed by atoms with Crippen LogP contribution in [0.3, 0.4) is 0 Å². The van der Waals surface area contributed by atoms with E-state index in [1.165, 1.54) is 6.92 Å². The SMILES string of the molecule is C[13C](=O)[15NH]CCCCC(C(=O)N[13CH3])N(C)[13CH3]. The van der Waals surface area contributed by atoms with E-state index in [9.17, 15) is 9.59 Å². The van der Waals surface area contributed by atoms with E-state index in [2.05, 4.69) is 10.6 Å². The molecule has 94 valence electrons. The lowest BCUT2D eigenvalue weighted by Gasteiger charge is -2.22. The van der Waals surface area contributed by atoms with Gasteiger partial charge in [-0.3, -0.25) is 14.5 Å².